The van der Waals surface area contributed by atoms with Gasteiger partial charge in [0.2, 0.25) is 5.95 Å². The summed E-state index contributed by atoms with van der Waals surface area (Å²) >= 11 is 0. The van der Waals surface area contributed by atoms with Gasteiger partial charge in [0.1, 0.15) is 0 Å². The molecule has 4 rings (SSSR count). The summed E-state index contributed by atoms with van der Waals surface area (Å²) in [6.45, 7) is 1.87. The summed E-state index contributed by atoms with van der Waals surface area (Å²) in [4.78, 5) is 26.9. The Morgan fingerprint density at radius 2 is 2.08 bits per heavy atom. The Balaban J connectivity index is 1.47. The van der Waals surface area contributed by atoms with Crippen molar-refractivity contribution in [2.45, 2.75) is 19.5 Å². The van der Waals surface area contributed by atoms with E-state index in [-0.39, 0.29) is 11.9 Å². The molecule has 7 nitrogen and oxygen atoms in total. The first-order valence-corrected chi connectivity index (χ1v) is 8.13. The molecule has 0 fully saturated rings. The van der Waals surface area contributed by atoms with Crippen LogP contribution in [0.1, 0.15) is 27.2 Å². The monoisotopic (exact) mass is 334 g/mol. The molecule has 1 aliphatic rings. The van der Waals surface area contributed by atoms with Crippen LogP contribution in [-0.2, 0) is 19.5 Å². The molecule has 1 aliphatic heterocycles. The fourth-order valence-electron chi connectivity index (χ4n) is 3.02. The summed E-state index contributed by atoms with van der Waals surface area (Å²) in [5, 5.41) is 0. The van der Waals surface area contributed by atoms with Crippen LogP contribution < -0.4 is 5.73 Å². The van der Waals surface area contributed by atoms with Crippen molar-refractivity contribution in [3.8, 4) is 0 Å². The molecule has 2 N–H and O–H groups in total. The number of hydrogen-bond donors (Lipinski definition) is 1. The highest BCUT2D eigenvalue weighted by atomic mass is 16.2. The molecule has 0 radical (unpaired) electrons. The molecule has 7 heteroatoms. The summed E-state index contributed by atoms with van der Waals surface area (Å²) < 4.78 is 1.99. The maximum atomic E-state index is 12.8. The van der Waals surface area contributed by atoms with Crippen molar-refractivity contribution in [3.05, 3.63) is 71.6 Å². The standard InChI is InChI=1S/C18H18N6O/c19-18-21-9-15-5-7-24(11-16(15)22-18)17(25)14-3-1-13(2-4-14)10-23-8-6-20-12-23/h1-4,6,8-9,12H,5,7,10-11H2,(H2,19,21,22). The lowest BCUT2D eigenvalue weighted by Crippen LogP contribution is -2.36. The highest BCUT2D eigenvalue weighted by Crippen LogP contribution is 2.19. The molecule has 0 aliphatic carbocycles. The van der Waals surface area contributed by atoms with Crippen molar-refractivity contribution in [1.29, 1.82) is 0 Å². The number of fused-ring (bicyclic) bond motifs is 1. The Bertz CT molecular complexity index is 888. The molecule has 0 bridgehead atoms. The summed E-state index contributed by atoms with van der Waals surface area (Å²) in [6, 6.07) is 7.70. The molecule has 0 atom stereocenters. The average molecular weight is 334 g/mol. The number of aromatic nitrogens is 4. The minimum atomic E-state index is 0.0111. The molecule has 0 unspecified atom stereocenters. The van der Waals surface area contributed by atoms with Gasteiger partial charge in [-0.15, -0.1) is 0 Å². The first kappa shape index (κ1) is 15.3. The van der Waals surface area contributed by atoms with Crippen LogP contribution in [0.25, 0.3) is 0 Å². The molecule has 1 aromatic carbocycles. The fourth-order valence-corrected chi connectivity index (χ4v) is 3.02. The third kappa shape index (κ3) is 3.21. The Morgan fingerprint density at radius 1 is 1.24 bits per heavy atom. The zero-order valence-electron chi connectivity index (χ0n) is 13.7. The van der Waals surface area contributed by atoms with Gasteiger partial charge in [0.15, 0.2) is 0 Å². The summed E-state index contributed by atoms with van der Waals surface area (Å²) in [6.07, 6.45) is 7.95. The number of hydrogen-bond acceptors (Lipinski definition) is 5. The molecule has 0 saturated carbocycles. The number of imidazole rings is 1. The highest BCUT2D eigenvalue weighted by Gasteiger charge is 2.23. The minimum absolute atomic E-state index is 0.0111. The Hall–Kier alpha value is -3.22. The Kier molecular flexibility index (Phi) is 3.89. The lowest BCUT2D eigenvalue weighted by atomic mass is 10.0. The number of anilines is 1. The number of benzene rings is 1. The summed E-state index contributed by atoms with van der Waals surface area (Å²) in [5.41, 5.74) is 9.36. The van der Waals surface area contributed by atoms with E-state index in [0.29, 0.717) is 18.7 Å². The van der Waals surface area contributed by atoms with Crippen molar-refractivity contribution in [3.63, 3.8) is 0 Å². The van der Waals surface area contributed by atoms with E-state index >= 15 is 0 Å². The van der Waals surface area contributed by atoms with Crippen LogP contribution in [0.5, 0.6) is 0 Å². The average Bonchev–Trinajstić information content (AvgIpc) is 3.14. The molecule has 2 aromatic heterocycles. The van der Waals surface area contributed by atoms with Crippen LogP contribution in [0, 0.1) is 0 Å². The molecule has 3 heterocycles. The van der Waals surface area contributed by atoms with Gasteiger partial charge in [0.25, 0.3) is 5.91 Å². The molecule has 1 amide bonds. The lowest BCUT2D eigenvalue weighted by Gasteiger charge is -2.28. The van der Waals surface area contributed by atoms with Crippen LogP contribution in [0.15, 0.2) is 49.2 Å². The van der Waals surface area contributed by atoms with Gasteiger partial charge < -0.3 is 15.2 Å². The number of rotatable bonds is 3. The van der Waals surface area contributed by atoms with Crippen molar-refractivity contribution >= 4 is 11.9 Å². The van der Waals surface area contributed by atoms with E-state index in [2.05, 4.69) is 15.0 Å². The third-order valence-corrected chi connectivity index (χ3v) is 4.38. The number of nitrogens with zero attached hydrogens (tertiary/aromatic N) is 5. The van der Waals surface area contributed by atoms with E-state index in [9.17, 15) is 4.79 Å². The van der Waals surface area contributed by atoms with Gasteiger partial charge in [-0.25, -0.2) is 15.0 Å². The van der Waals surface area contributed by atoms with E-state index in [1.807, 2.05) is 35.0 Å². The molecular formula is C18H18N6O. The third-order valence-electron chi connectivity index (χ3n) is 4.38. The van der Waals surface area contributed by atoms with Gasteiger partial charge in [-0.05, 0) is 29.7 Å². The number of nitrogen functional groups attached to an aromatic ring is 1. The maximum Gasteiger partial charge on any atom is 0.254 e. The van der Waals surface area contributed by atoms with E-state index in [0.717, 1.165) is 29.8 Å². The lowest BCUT2D eigenvalue weighted by molar-refractivity contribution is 0.0731. The van der Waals surface area contributed by atoms with Crippen LogP contribution >= 0.6 is 0 Å². The van der Waals surface area contributed by atoms with Crippen molar-refractivity contribution < 1.29 is 4.79 Å². The van der Waals surface area contributed by atoms with E-state index < -0.39 is 0 Å². The van der Waals surface area contributed by atoms with Gasteiger partial charge >= 0.3 is 0 Å². The van der Waals surface area contributed by atoms with Crippen LogP contribution in [0.2, 0.25) is 0 Å². The molecule has 3 aromatic rings. The number of carbonyl (C=O) groups is 1. The van der Waals surface area contributed by atoms with Gasteiger partial charge in [0.05, 0.1) is 18.6 Å². The van der Waals surface area contributed by atoms with Gasteiger partial charge in [0, 0.05) is 37.2 Å². The smallest absolute Gasteiger partial charge is 0.254 e. The van der Waals surface area contributed by atoms with Crippen LogP contribution in [0.3, 0.4) is 0 Å². The zero-order valence-corrected chi connectivity index (χ0v) is 13.7. The summed E-state index contributed by atoms with van der Waals surface area (Å²) in [7, 11) is 0. The van der Waals surface area contributed by atoms with Crippen LogP contribution in [0.4, 0.5) is 5.95 Å². The topological polar surface area (TPSA) is 89.9 Å². The second-order valence-electron chi connectivity index (χ2n) is 6.11. The Labute approximate surface area is 145 Å². The quantitative estimate of drug-likeness (QED) is 0.784. The highest BCUT2D eigenvalue weighted by molar-refractivity contribution is 5.94. The molecule has 0 spiro atoms. The van der Waals surface area contributed by atoms with Crippen molar-refractivity contribution in [2.24, 2.45) is 0 Å². The predicted octanol–water partition coefficient (Wildman–Crippen LogP) is 1.50. The first-order chi connectivity index (χ1) is 12.2. The molecule has 126 valence electrons. The second kappa shape index (κ2) is 6.35. The van der Waals surface area contributed by atoms with Crippen molar-refractivity contribution in [2.75, 3.05) is 12.3 Å². The number of carbonyl (C=O) groups excluding carboxylic acids is 1. The fraction of sp³-hybridized carbons (Fsp3) is 0.222. The van der Waals surface area contributed by atoms with E-state index in [1.165, 1.54) is 0 Å². The van der Waals surface area contributed by atoms with Crippen LogP contribution in [-0.4, -0.2) is 36.9 Å². The molecular weight excluding hydrogens is 316 g/mol. The predicted molar refractivity (Wildman–Crippen MR) is 92.7 cm³/mol. The zero-order chi connectivity index (χ0) is 17.2. The first-order valence-electron chi connectivity index (χ1n) is 8.13. The Morgan fingerprint density at radius 3 is 2.84 bits per heavy atom. The van der Waals surface area contributed by atoms with Gasteiger partial charge in [-0.2, -0.15) is 0 Å². The summed E-state index contributed by atoms with van der Waals surface area (Å²) in [5.74, 6) is 0.258. The van der Waals surface area contributed by atoms with E-state index in [1.54, 1.807) is 23.6 Å². The van der Waals surface area contributed by atoms with Gasteiger partial charge in [-0.1, -0.05) is 12.1 Å². The largest absolute Gasteiger partial charge is 0.368 e. The number of nitrogens with two attached hydrogens (primary N) is 1. The van der Waals surface area contributed by atoms with E-state index in [4.69, 9.17) is 5.73 Å². The SMILES string of the molecule is Nc1ncc2c(n1)CN(C(=O)c1ccc(Cn3ccnc3)cc1)CC2. The van der Waals surface area contributed by atoms with Crippen molar-refractivity contribution in [1.82, 2.24) is 24.4 Å². The molecule has 25 heavy (non-hydrogen) atoms. The number of amides is 1. The second-order valence-corrected chi connectivity index (χ2v) is 6.11. The minimum Gasteiger partial charge on any atom is -0.368 e. The molecule has 0 saturated heterocycles. The normalized spacial score (nSPS) is 13.5. The maximum absolute atomic E-state index is 12.8. The van der Waals surface area contributed by atoms with Gasteiger partial charge in [-0.3, -0.25) is 4.79 Å².